The monoisotopic (exact) mass is 299 g/mol. The van der Waals surface area contributed by atoms with Crippen LogP contribution in [0.2, 0.25) is 10.0 Å². The van der Waals surface area contributed by atoms with Gasteiger partial charge >= 0.3 is 0 Å². The van der Waals surface area contributed by atoms with Gasteiger partial charge in [0.2, 0.25) is 0 Å². The molecule has 1 N–H and O–H groups in total. The van der Waals surface area contributed by atoms with Crippen molar-refractivity contribution in [2.24, 2.45) is 0 Å². The van der Waals surface area contributed by atoms with Crippen molar-refractivity contribution in [1.82, 2.24) is 5.32 Å². The largest absolute Gasteiger partial charge is 0.458 e. The van der Waals surface area contributed by atoms with Crippen molar-refractivity contribution >= 4 is 34.2 Å². The van der Waals surface area contributed by atoms with Gasteiger partial charge in [-0.1, -0.05) is 50.9 Å². The van der Waals surface area contributed by atoms with E-state index in [1.54, 1.807) is 0 Å². The summed E-state index contributed by atoms with van der Waals surface area (Å²) in [6.07, 6.45) is 0. The maximum atomic E-state index is 6.25. The molecule has 19 heavy (non-hydrogen) atoms. The molecule has 1 aromatic carbocycles. The summed E-state index contributed by atoms with van der Waals surface area (Å²) < 4.78 is 5.96. The molecule has 0 atom stereocenters. The van der Waals surface area contributed by atoms with Gasteiger partial charge in [0.15, 0.2) is 5.58 Å². The molecule has 104 valence electrons. The minimum atomic E-state index is -0.00678. The maximum Gasteiger partial charge on any atom is 0.154 e. The lowest BCUT2D eigenvalue weighted by molar-refractivity contribution is 0.487. The number of benzene rings is 1. The number of nitrogens with one attached hydrogen (secondary N) is 1. The lowest BCUT2D eigenvalue weighted by atomic mass is 9.85. The van der Waals surface area contributed by atoms with E-state index in [-0.39, 0.29) is 5.41 Å². The smallest absolute Gasteiger partial charge is 0.154 e. The van der Waals surface area contributed by atoms with Gasteiger partial charge in [0, 0.05) is 10.9 Å². The quantitative estimate of drug-likeness (QED) is 0.848. The van der Waals surface area contributed by atoms with Gasteiger partial charge < -0.3 is 9.73 Å². The van der Waals surface area contributed by atoms with Gasteiger partial charge in [-0.15, -0.1) is 0 Å². The lowest BCUT2D eigenvalue weighted by Crippen LogP contribution is -2.18. The first-order valence-electron chi connectivity index (χ1n) is 6.46. The normalized spacial score (nSPS) is 12.3. The third-order valence-corrected chi connectivity index (χ3v) is 3.90. The average Bonchev–Trinajstić information content (AvgIpc) is 2.70. The number of hydrogen-bond acceptors (Lipinski definition) is 2. The Bertz CT molecular complexity index is 596. The Labute approximate surface area is 124 Å². The molecule has 1 aromatic heterocycles. The Hall–Kier alpha value is -0.700. The van der Waals surface area contributed by atoms with E-state index in [9.17, 15) is 0 Å². The Morgan fingerprint density at radius 3 is 2.47 bits per heavy atom. The van der Waals surface area contributed by atoms with E-state index < -0.39 is 0 Å². The lowest BCUT2D eigenvalue weighted by Gasteiger charge is -2.19. The second-order valence-corrected chi connectivity index (χ2v) is 6.45. The Balaban J connectivity index is 2.69. The summed E-state index contributed by atoms with van der Waals surface area (Å²) in [5.41, 5.74) is 1.88. The van der Waals surface area contributed by atoms with Crippen LogP contribution >= 0.6 is 23.2 Å². The second kappa shape index (κ2) is 5.35. The van der Waals surface area contributed by atoms with Gasteiger partial charge in [0.25, 0.3) is 0 Å². The Morgan fingerprint density at radius 1 is 1.21 bits per heavy atom. The molecular weight excluding hydrogens is 281 g/mol. The summed E-state index contributed by atoms with van der Waals surface area (Å²) in [6, 6.07) is 3.82. The van der Waals surface area contributed by atoms with Gasteiger partial charge in [-0.2, -0.15) is 0 Å². The fourth-order valence-corrected chi connectivity index (χ4v) is 2.69. The summed E-state index contributed by atoms with van der Waals surface area (Å²) in [5.74, 6) is 0.938. The van der Waals surface area contributed by atoms with E-state index in [1.165, 1.54) is 5.56 Å². The Kier molecular flexibility index (Phi) is 4.14. The van der Waals surface area contributed by atoms with E-state index in [0.717, 1.165) is 17.7 Å². The van der Waals surface area contributed by atoms with Crippen LogP contribution in [0.5, 0.6) is 0 Å². The van der Waals surface area contributed by atoms with E-state index in [2.05, 4.69) is 33.0 Å². The van der Waals surface area contributed by atoms with Gasteiger partial charge in [0.1, 0.15) is 10.8 Å². The van der Waals surface area contributed by atoms with Crippen molar-refractivity contribution < 1.29 is 4.42 Å². The first-order chi connectivity index (χ1) is 8.86. The van der Waals surface area contributed by atoms with Crippen LogP contribution in [0.25, 0.3) is 11.0 Å². The summed E-state index contributed by atoms with van der Waals surface area (Å²) in [5, 5.41) is 5.37. The molecule has 4 heteroatoms. The average molecular weight is 300 g/mol. The van der Waals surface area contributed by atoms with E-state index in [0.29, 0.717) is 22.2 Å². The first-order valence-corrected chi connectivity index (χ1v) is 7.22. The van der Waals surface area contributed by atoms with Crippen molar-refractivity contribution in [1.29, 1.82) is 0 Å². The van der Waals surface area contributed by atoms with Crippen LogP contribution in [0, 0.1) is 0 Å². The SMILES string of the molecule is CCNCc1oc2c(Cl)c(Cl)ccc2c1C(C)(C)C. The molecule has 0 fully saturated rings. The highest BCUT2D eigenvalue weighted by Crippen LogP contribution is 2.40. The molecule has 0 saturated carbocycles. The maximum absolute atomic E-state index is 6.25. The molecule has 2 aromatic rings. The summed E-state index contributed by atoms with van der Waals surface area (Å²) in [6.45, 7) is 10.2. The van der Waals surface area contributed by atoms with Crippen molar-refractivity contribution in [3.8, 4) is 0 Å². The number of fused-ring (bicyclic) bond motifs is 1. The molecule has 0 bridgehead atoms. The molecule has 2 nitrogen and oxygen atoms in total. The molecule has 0 aliphatic rings. The zero-order chi connectivity index (χ0) is 14.2. The molecule has 2 rings (SSSR count). The van der Waals surface area contributed by atoms with Gasteiger partial charge in [-0.25, -0.2) is 0 Å². The molecule has 0 aliphatic heterocycles. The number of hydrogen-bond donors (Lipinski definition) is 1. The van der Waals surface area contributed by atoms with Crippen LogP contribution in [0.1, 0.15) is 39.0 Å². The van der Waals surface area contributed by atoms with Gasteiger partial charge in [-0.3, -0.25) is 0 Å². The fourth-order valence-electron chi connectivity index (χ4n) is 2.34. The van der Waals surface area contributed by atoms with Gasteiger partial charge in [0.05, 0.1) is 11.6 Å². The first kappa shape index (κ1) is 14.7. The molecule has 0 radical (unpaired) electrons. The van der Waals surface area contributed by atoms with Crippen molar-refractivity contribution in [3.05, 3.63) is 33.5 Å². The molecule has 0 saturated heterocycles. The standard InChI is InChI=1S/C15H19Cl2NO/c1-5-18-8-11-12(15(2,3)4)9-6-7-10(16)13(17)14(9)19-11/h6-7,18H,5,8H2,1-4H3. The van der Waals surface area contributed by atoms with Crippen LogP contribution in [-0.2, 0) is 12.0 Å². The van der Waals surface area contributed by atoms with Crippen LogP contribution in [0.3, 0.4) is 0 Å². The predicted molar refractivity (Wildman–Crippen MR) is 82.3 cm³/mol. The van der Waals surface area contributed by atoms with Crippen molar-refractivity contribution in [2.45, 2.75) is 39.7 Å². The molecule has 0 spiro atoms. The van der Waals surface area contributed by atoms with Crippen molar-refractivity contribution in [3.63, 3.8) is 0 Å². The third kappa shape index (κ3) is 2.76. The molecular formula is C15H19Cl2NO. The summed E-state index contributed by atoms with van der Waals surface area (Å²) in [4.78, 5) is 0. The fraction of sp³-hybridized carbons (Fsp3) is 0.467. The number of halogens is 2. The molecule has 0 aliphatic carbocycles. The van der Waals surface area contributed by atoms with Crippen LogP contribution < -0.4 is 5.32 Å². The molecule has 1 heterocycles. The predicted octanol–water partition coefficient (Wildman–Crippen LogP) is 5.15. The Morgan fingerprint density at radius 2 is 1.89 bits per heavy atom. The van der Waals surface area contributed by atoms with Gasteiger partial charge in [-0.05, 0) is 24.1 Å². The zero-order valence-electron chi connectivity index (χ0n) is 11.7. The van der Waals surface area contributed by atoms with Crippen LogP contribution in [0.15, 0.2) is 16.5 Å². The minimum Gasteiger partial charge on any atom is -0.458 e. The highest BCUT2D eigenvalue weighted by molar-refractivity contribution is 6.44. The zero-order valence-corrected chi connectivity index (χ0v) is 13.2. The van der Waals surface area contributed by atoms with E-state index in [1.807, 2.05) is 12.1 Å². The molecule has 0 amide bonds. The minimum absolute atomic E-state index is 0.00678. The summed E-state index contributed by atoms with van der Waals surface area (Å²) in [7, 11) is 0. The highest BCUT2D eigenvalue weighted by atomic mass is 35.5. The van der Waals surface area contributed by atoms with Crippen LogP contribution in [-0.4, -0.2) is 6.54 Å². The second-order valence-electron chi connectivity index (χ2n) is 5.67. The molecule has 0 unspecified atom stereocenters. The topological polar surface area (TPSA) is 25.2 Å². The third-order valence-electron chi connectivity index (χ3n) is 3.11. The number of rotatable bonds is 3. The summed E-state index contributed by atoms with van der Waals surface area (Å²) >= 11 is 12.3. The number of furan rings is 1. The van der Waals surface area contributed by atoms with Crippen molar-refractivity contribution in [2.75, 3.05) is 6.54 Å². The highest BCUT2D eigenvalue weighted by Gasteiger charge is 2.26. The van der Waals surface area contributed by atoms with E-state index in [4.69, 9.17) is 27.6 Å². The van der Waals surface area contributed by atoms with E-state index >= 15 is 0 Å². The van der Waals surface area contributed by atoms with Crippen LogP contribution in [0.4, 0.5) is 0 Å².